The van der Waals surface area contributed by atoms with Crippen LogP contribution in [0.3, 0.4) is 0 Å². The largest absolute Gasteiger partial charge is 0.493 e. The fraction of sp³-hybridized carbons (Fsp3) is 0.474. The van der Waals surface area contributed by atoms with Crippen LogP contribution in [0.15, 0.2) is 29.1 Å². The standard InChI is InChI=1S/C19H27N3O3S/c1-13(2)16(20)7-8-22(3)19(23)14-5-6-17(18(9-14)24-4)25-10-15-11-26-12-21-15/h5-6,9,11-13,16H,7-8,10,20H2,1-4H3. The topological polar surface area (TPSA) is 77.7 Å². The van der Waals surface area contributed by atoms with E-state index >= 15 is 0 Å². The quantitative estimate of drug-likeness (QED) is 0.726. The van der Waals surface area contributed by atoms with Crippen molar-refractivity contribution >= 4 is 17.2 Å². The Morgan fingerprint density at radius 1 is 1.35 bits per heavy atom. The predicted octanol–water partition coefficient (Wildman–Crippen LogP) is 3.18. The third kappa shape index (κ3) is 5.44. The van der Waals surface area contributed by atoms with Gasteiger partial charge < -0.3 is 20.1 Å². The van der Waals surface area contributed by atoms with Crippen molar-refractivity contribution in [2.75, 3.05) is 20.7 Å². The van der Waals surface area contributed by atoms with Crippen LogP contribution in [0.5, 0.6) is 11.5 Å². The number of thiazole rings is 1. The van der Waals surface area contributed by atoms with Crippen LogP contribution in [0, 0.1) is 5.92 Å². The number of benzene rings is 1. The smallest absolute Gasteiger partial charge is 0.253 e. The maximum atomic E-state index is 12.6. The van der Waals surface area contributed by atoms with E-state index in [0.717, 1.165) is 12.1 Å². The number of carbonyl (C=O) groups is 1. The summed E-state index contributed by atoms with van der Waals surface area (Å²) in [5.41, 5.74) is 9.24. The fourth-order valence-corrected chi connectivity index (χ4v) is 2.92. The molecule has 2 rings (SSSR count). The molecule has 0 bridgehead atoms. The van der Waals surface area contributed by atoms with Crippen molar-refractivity contribution in [1.82, 2.24) is 9.88 Å². The predicted molar refractivity (Wildman–Crippen MR) is 104 cm³/mol. The molecule has 0 radical (unpaired) electrons. The van der Waals surface area contributed by atoms with Crippen LogP contribution >= 0.6 is 11.3 Å². The highest BCUT2D eigenvalue weighted by Crippen LogP contribution is 2.29. The molecule has 1 aromatic carbocycles. The minimum atomic E-state index is -0.0645. The molecule has 6 nitrogen and oxygen atoms in total. The first-order chi connectivity index (χ1) is 12.4. The van der Waals surface area contributed by atoms with Crippen molar-refractivity contribution in [3.63, 3.8) is 0 Å². The molecule has 0 saturated carbocycles. The van der Waals surface area contributed by atoms with E-state index in [4.69, 9.17) is 15.2 Å². The lowest BCUT2D eigenvalue weighted by atomic mass is 10.0. The number of methoxy groups -OCH3 is 1. The zero-order valence-corrected chi connectivity index (χ0v) is 16.6. The number of amides is 1. The van der Waals surface area contributed by atoms with E-state index in [2.05, 4.69) is 18.8 Å². The summed E-state index contributed by atoms with van der Waals surface area (Å²) >= 11 is 1.52. The van der Waals surface area contributed by atoms with E-state index in [-0.39, 0.29) is 11.9 Å². The zero-order valence-electron chi connectivity index (χ0n) is 15.8. The first kappa shape index (κ1) is 20.2. The third-order valence-electron chi connectivity index (χ3n) is 4.27. The Labute approximate surface area is 158 Å². The number of ether oxygens (including phenoxy) is 2. The van der Waals surface area contributed by atoms with Gasteiger partial charge in [0, 0.05) is 30.6 Å². The molecular weight excluding hydrogens is 350 g/mol. The Morgan fingerprint density at radius 3 is 2.73 bits per heavy atom. The average Bonchev–Trinajstić information content (AvgIpc) is 3.16. The minimum Gasteiger partial charge on any atom is -0.493 e. The Balaban J connectivity index is 2.01. The van der Waals surface area contributed by atoms with Crippen LogP contribution in [0.4, 0.5) is 0 Å². The molecule has 0 spiro atoms. The van der Waals surface area contributed by atoms with Crippen molar-refractivity contribution in [2.45, 2.75) is 32.9 Å². The first-order valence-corrected chi connectivity index (χ1v) is 9.55. The number of carbonyl (C=O) groups excluding carboxylic acids is 1. The summed E-state index contributed by atoms with van der Waals surface area (Å²) in [6.45, 7) is 5.14. The van der Waals surface area contributed by atoms with Crippen LogP contribution in [0.1, 0.15) is 36.3 Å². The van der Waals surface area contributed by atoms with Gasteiger partial charge in [0.25, 0.3) is 5.91 Å². The van der Waals surface area contributed by atoms with Gasteiger partial charge in [-0.25, -0.2) is 4.98 Å². The number of rotatable bonds is 9. The van der Waals surface area contributed by atoms with E-state index < -0.39 is 0 Å². The van der Waals surface area contributed by atoms with Gasteiger partial charge in [0.2, 0.25) is 0 Å². The Bertz CT molecular complexity index is 704. The average molecular weight is 378 g/mol. The van der Waals surface area contributed by atoms with Gasteiger partial charge in [-0.15, -0.1) is 11.3 Å². The maximum absolute atomic E-state index is 12.6. The van der Waals surface area contributed by atoms with Crippen LogP contribution in [-0.2, 0) is 6.61 Å². The number of nitrogens with zero attached hydrogens (tertiary/aromatic N) is 2. The highest BCUT2D eigenvalue weighted by molar-refractivity contribution is 7.07. The molecule has 26 heavy (non-hydrogen) atoms. The lowest BCUT2D eigenvalue weighted by Crippen LogP contribution is -2.34. The van der Waals surface area contributed by atoms with Crippen LogP contribution < -0.4 is 15.2 Å². The van der Waals surface area contributed by atoms with E-state index in [0.29, 0.717) is 36.1 Å². The maximum Gasteiger partial charge on any atom is 0.253 e. The number of hydrogen-bond acceptors (Lipinski definition) is 6. The normalized spacial score (nSPS) is 12.1. The van der Waals surface area contributed by atoms with E-state index in [1.165, 1.54) is 11.3 Å². The Kier molecular flexibility index (Phi) is 7.41. The van der Waals surface area contributed by atoms with Gasteiger partial charge in [0.15, 0.2) is 11.5 Å². The molecule has 2 N–H and O–H groups in total. The zero-order chi connectivity index (χ0) is 19.1. The van der Waals surface area contributed by atoms with Crippen molar-refractivity contribution < 1.29 is 14.3 Å². The molecule has 0 saturated heterocycles. The molecule has 1 heterocycles. The molecule has 0 fully saturated rings. The van der Waals surface area contributed by atoms with Gasteiger partial charge in [-0.05, 0) is 30.5 Å². The number of aromatic nitrogens is 1. The summed E-state index contributed by atoms with van der Waals surface area (Å²) in [7, 11) is 3.35. The van der Waals surface area contributed by atoms with Gasteiger partial charge in [-0.1, -0.05) is 13.8 Å². The van der Waals surface area contributed by atoms with E-state index in [1.54, 1.807) is 42.8 Å². The Hall–Kier alpha value is -2.12. The molecule has 0 aliphatic carbocycles. The van der Waals surface area contributed by atoms with Crippen LogP contribution in [-0.4, -0.2) is 42.5 Å². The highest BCUT2D eigenvalue weighted by Gasteiger charge is 2.17. The van der Waals surface area contributed by atoms with Gasteiger partial charge >= 0.3 is 0 Å². The molecule has 1 aromatic heterocycles. The van der Waals surface area contributed by atoms with Crippen LogP contribution in [0.2, 0.25) is 0 Å². The molecule has 1 atom stereocenters. The van der Waals surface area contributed by atoms with Crippen molar-refractivity contribution in [3.8, 4) is 11.5 Å². The number of hydrogen-bond donors (Lipinski definition) is 1. The lowest BCUT2D eigenvalue weighted by Gasteiger charge is -2.22. The molecule has 1 amide bonds. The Morgan fingerprint density at radius 2 is 2.12 bits per heavy atom. The minimum absolute atomic E-state index is 0.0645. The second kappa shape index (κ2) is 9.54. The lowest BCUT2D eigenvalue weighted by molar-refractivity contribution is 0.0788. The van der Waals surface area contributed by atoms with Gasteiger partial charge in [0.05, 0.1) is 18.3 Å². The molecule has 7 heteroatoms. The SMILES string of the molecule is COc1cc(C(=O)N(C)CCC(N)C(C)C)ccc1OCc1cscn1. The van der Waals surface area contributed by atoms with E-state index in [1.807, 2.05) is 5.38 Å². The summed E-state index contributed by atoms with van der Waals surface area (Å²) in [6.07, 6.45) is 0.770. The van der Waals surface area contributed by atoms with Gasteiger partial charge in [-0.3, -0.25) is 4.79 Å². The second-order valence-electron chi connectivity index (χ2n) is 6.56. The monoisotopic (exact) mass is 377 g/mol. The fourth-order valence-electron chi connectivity index (χ4n) is 2.38. The molecule has 142 valence electrons. The summed E-state index contributed by atoms with van der Waals surface area (Å²) in [5.74, 6) is 1.44. The third-order valence-corrected chi connectivity index (χ3v) is 4.91. The van der Waals surface area contributed by atoms with Crippen molar-refractivity contribution in [1.29, 1.82) is 0 Å². The van der Waals surface area contributed by atoms with Gasteiger partial charge in [-0.2, -0.15) is 0 Å². The summed E-state index contributed by atoms with van der Waals surface area (Å²) in [4.78, 5) is 18.5. The summed E-state index contributed by atoms with van der Waals surface area (Å²) in [6, 6.07) is 5.30. The highest BCUT2D eigenvalue weighted by atomic mass is 32.1. The summed E-state index contributed by atoms with van der Waals surface area (Å²) < 4.78 is 11.1. The molecule has 0 aliphatic rings. The van der Waals surface area contributed by atoms with Gasteiger partial charge in [0.1, 0.15) is 6.61 Å². The van der Waals surface area contributed by atoms with Crippen LogP contribution in [0.25, 0.3) is 0 Å². The van der Waals surface area contributed by atoms with Crippen molar-refractivity contribution in [3.05, 3.63) is 40.3 Å². The molecule has 1 unspecified atom stereocenters. The number of nitrogens with two attached hydrogens (primary N) is 1. The molecule has 2 aromatic rings. The molecular formula is C19H27N3O3S. The second-order valence-corrected chi connectivity index (χ2v) is 7.28. The van der Waals surface area contributed by atoms with E-state index in [9.17, 15) is 4.79 Å². The summed E-state index contributed by atoms with van der Waals surface area (Å²) in [5, 5.41) is 1.93. The molecule has 0 aliphatic heterocycles. The van der Waals surface area contributed by atoms with Crippen molar-refractivity contribution in [2.24, 2.45) is 11.7 Å². The first-order valence-electron chi connectivity index (χ1n) is 8.61.